The Morgan fingerprint density at radius 3 is 2.37 bits per heavy atom. The first kappa shape index (κ1) is 13.7. The Balaban J connectivity index is 2.04. The van der Waals surface area contributed by atoms with Crippen molar-refractivity contribution >= 4 is 11.5 Å². The molecule has 4 nitrogen and oxygen atoms in total. The molecule has 1 heterocycles. The van der Waals surface area contributed by atoms with Crippen molar-refractivity contribution in [3.63, 3.8) is 0 Å². The van der Waals surface area contributed by atoms with E-state index in [-0.39, 0.29) is 5.84 Å². The molecule has 1 aliphatic heterocycles. The Morgan fingerprint density at radius 1 is 1.32 bits per heavy atom. The van der Waals surface area contributed by atoms with Crippen LogP contribution in [0.5, 0.6) is 0 Å². The van der Waals surface area contributed by atoms with Gasteiger partial charge in [-0.05, 0) is 42.5 Å². The summed E-state index contributed by atoms with van der Waals surface area (Å²) >= 11 is 0. The van der Waals surface area contributed by atoms with E-state index in [2.05, 4.69) is 23.9 Å². The summed E-state index contributed by atoms with van der Waals surface area (Å²) in [6.07, 6.45) is 3.74. The van der Waals surface area contributed by atoms with E-state index in [1.54, 1.807) is 0 Å². The molecule has 0 saturated carbocycles. The number of rotatable bonds is 3. The van der Waals surface area contributed by atoms with Crippen LogP contribution in [0.1, 0.15) is 38.7 Å². The van der Waals surface area contributed by atoms with E-state index in [0.717, 1.165) is 18.7 Å². The van der Waals surface area contributed by atoms with Gasteiger partial charge in [0.1, 0.15) is 0 Å². The first-order valence-electron chi connectivity index (χ1n) is 6.91. The van der Waals surface area contributed by atoms with Gasteiger partial charge in [0.05, 0.1) is 0 Å². The van der Waals surface area contributed by atoms with Crippen LogP contribution in [0.3, 0.4) is 0 Å². The molecule has 4 heteroatoms. The molecule has 1 aromatic rings. The van der Waals surface area contributed by atoms with Crippen LogP contribution in [0, 0.1) is 5.41 Å². The summed E-state index contributed by atoms with van der Waals surface area (Å²) in [6, 6.07) is 7.89. The van der Waals surface area contributed by atoms with Gasteiger partial charge in [0.2, 0.25) is 0 Å². The largest absolute Gasteiger partial charge is 0.409 e. The lowest BCUT2D eigenvalue weighted by molar-refractivity contribution is 0.238. The third-order valence-corrected chi connectivity index (χ3v) is 4.46. The van der Waals surface area contributed by atoms with Crippen molar-refractivity contribution in [2.24, 2.45) is 16.3 Å². The highest BCUT2D eigenvalue weighted by atomic mass is 16.4. The van der Waals surface area contributed by atoms with Crippen molar-refractivity contribution < 1.29 is 5.21 Å². The number of nitrogens with zero attached hydrogens (tertiary/aromatic N) is 2. The number of oxime groups is 1. The third-order valence-electron chi connectivity index (χ3n) is 4.46. The van der Waals surface area contributed by atoms with Crippen molar-refractivity contribution in [1.82, 2.24) is 0 Å². The maximum absolute atomic E-state index is 8.64. The average Bonchev–Trinajstić information content (AvgIpc) is 2.47. The predicted octanol–water partition coefficient (Wildman–Crippen LogP) is 2.80. The zero-order valence-electron chi connectivity index (χ0n) is 11.8. The Morgan fingerprint density at radius 2 is 1.89 bits per heavy atom. The maximum atomic E-state index is 8.64. The molecule has 3 N–H and O–H groups in total. The average molecular weight is 261 g/mol. The van der Waals surface area contributed by atoms with Gasteiger partial charge in [0.15, 0.2) is 5.84 Å². The molecule has 0 radical (unpaired) electrons. The summed E-state index contributed by atoms with van der Waals surface area (Å²) in [5, 5.41) is 11.7. The third kappa shape index (κ3) is 3.00. The van der Waals surface area contributed by atoms with E-state index < -0.39 is 0 Å². The van der Waals surface area contributed by atoms with Crippen molar-refractivity contribution in [2.75, 3.05) is 18.0 Å². The summed E-state index contributed by atoms with van der Waals surface area (Å²) in [4.78, 5) is 2.41. The van der Waals surface area contributed by atoms with Gasteiger partial charge in [-0.2, -0.15) is 0 Å². The van der Waals surface area contributed by atoms with Gasteiger partial charge in [0.25, 0.3) is 0 Å². The smallest absolute Gasteiger partial charge is 0.170 e. The molecule has 0 aliphatic carbocycles. The van der Waals surface area contributed by atoms with Crippen molar-refractivity contribution in [2.45, 2.75) is 33.1 Å². The summed E-state index contributed by atoms with van der Waals surface area (Å²) < 4.78 is 0. The van der Waals surface area contributed by atoms with Crippen molar-refractivity contribution in [3.8, 4) is 0 Å². The molecular formula is C15H23N3O. The highest BCUT2D eigenvalue weighted by Crippen LogP contribution is 2.35. The zero-order chi connectivity index (χ0) is 13.9. The van der Waals surface area contributed by atoms with Gasteiger partial charge in [-0.15, -0.1) is 0 Å². The van der Waals surface area contributed by atoms with Crippen LogP contribution < -0.4 is 10.6 Å². The molecule has 19 heavy (non-hydrogen) atoms. The van der Waals surface area contributed by atoms with E-state index >= 15 is 0 Å². The predicted molar refractivity (Wildman–Crippen MR) is 78.8 cm³/mol. The van der Waals surface area contributed by atoms with Crippen molar-refractivity contribution in [3.05, 3.63) is 29.8 Å². The molecule has 2 rings (SSSR count). The van der Waals surface area contributed by atoms with Crippen LogP contribution in [0.4, 0.5) is 5.69 Å². The highest BCUT2D eigenvalue weighted by Gasteiger charge is 2.28. The van der Waals surface area contributed by atoms with Crippen LogP contribution >= 0.6 is 0 Å². The molecule has 0 amide bonds. The Labute approximate surface area is 114 Å². The SMILES string of the molecule is CCC1(C)CCN(c2ccc(C(N)=NO)cc2)CC1. The normalized spacial score (nSPS) is 19.5. The second kappa shape index (κ2) is 5.51. The standard InChI is InChI=1S/C15H23N3O/c1-3-15(2)8-10-18(11-9-15)13-6-4-12(5-7-13)14(16)17-19/h4-7,19H,3,8-11H2,1-2H3,(H2,16,17). The lowest BCUT2D eigenvalue weighted by atomic mass is 9.78. The Hall–Kier alpha value is -1.71. The van der Waals surface area contributed by atoms with Crippen molar-refractivity contribution in [1.29, 1.82) is 0 Å². The lowest BCUT2D eigenvalue weighted by Crippen LogP contribution is -2.38. The van der Waals surface area contributed by atoms with E-state index in [0.29, 0.717) is 5.41 Å². The van der Waals surface area contributed by atoms with Gasteiger partial charge in [0, 0.05) is 24.3 Å². The fourth-order valence-corrected chi connectivity index (χ4v) is 2.56. The second-order valence-corrected chi connectivity index (χ2v) is 5.68. The van der Waals surface area contributed by atoms with Gasteiger partial charge < -0.3 is 15.8 Å². The first-order valence-corrected chi connectivity index (χ1v) is 6.91. The van der Waals surface area contributed by atoms with E-state index in [1.165, 1.54) is 24.9 Å². The van der Waals surface area contributed by atoms with Crippen LogP contribution in [0.25, 0.3) is 0 Å². The molecule has 1 saturated heterocycles. The van der Waals surface area contributed by atoms with Crippen LogP contribution in [0.15, 0.2) is 29.4 Å². The fourth-order valence-electron chi connectivity index (χ4n) is 2.56. The number of nitrogens with two attached hydrogens (primary N) is 1. The summed E-state index contributed by atoms with van der Waals surface area (Å²) in [5.74, 6) is 0.156. The molecule has 0 aromatic heterocycles. The second-order valence-electron chi connectivity index (χ2n) is 5.68. The minimum atomic E-state index is 0.156. The monoisotopic (exact) mass is 261 g/mol. The van der Waals surface area contributed by atoms with E-state index in [4.69, 9.17) is 10.9 Å². The molecule has 0 unspecified atom stereocenters. The lowest BCUT2D eigenvalue weighted by Gasteiger charge is -2.40. The minimum Gasteiger partial charge on any atom is -0.409 e. The molecule has 0 bridgehead atoms. The van der Waals surface area contributed by atoms with Gasteiger partial charge in [-0.3, -0.25) is 0 Å². The van der Waals surface area contributed by atoms with E-state index in [1.807, 2.05) is 24.3 Å². The van der Waals surface area contributed by atoms with E-state index in [9.17, 15) is 0 Å². The highest BCUT2D eigenvalue weighted by molar-refractivity contribution is 5.97. The topological polar surface area (TPSA) is 61.8 Å². The fraction of sp³-hybridized carbons (Fsp3) is 0.533. The number of benzene rings is 1. The Bertz CT molecular complexity index is 445. The Kier molecular flexibility index (Phi) is 3.98. The van der Waals surface area contributed by atoms with Crippen LogP contribution in [-0.4, -0.2) is 24.1 Å². The van der Waals surface area contributed by atoms with Crippen LogP contribution in [0.2, 0.25) is 0 Å². The molecular weight excluding hydrogens is 238 g/mol. The first-order chi connectivity index (χ1) is 9.08. The minimum absolute atomic E-state index is 0.156. The summed E-state index contributed by atoms with van der Waals surface area (Å²) in [7, 11) is 0. The van der Waals surface area contributed by atoms with Gasteiger partial charge in [-0.25, -0.2) is 0 Å². The number of hydrogen-bond acceptors (Lipinski definition) is 3. The molecule has 1 fully saturated rings. The van der Waals surface area contributed by atoms with Gasteiger partial charge in [-0.1, -0.05) is 25.4 Å². The quantitative estimate of drug-likeness (QED) is 0.380. The molecule has 104 valence electrons. The van der Waals surface area contributed by atoms with Crippen LogP contribution in [-0.2, 0) is 0 Å². The maximum Gasteiger partial charge on any atom is 0.170 e. The number of piperidine rings is 1. The molecule has 0 atom stereocenters. The molecule has 1 aliphatic rings. The number of amidine groups is 1. The van der Waals surface area contributed by atoms with Gasteiger partial charge >= 0.3 is 0 Å². The number of hydrogen-bond donors (Lipinski definition) is 2. The number of anilines is 1. The summed E-state index contributed by atoms with van der Waals surface area (Å²) in [5.41, 5.74) is 8.03. The zero-order valence-corrected chi connectivity index (χ0v) is 11.8. The summed E-state index contributed by atoms with van der Waals surface area (Å²) in [6.45, 7) is 6.87. The molecule has 0 spiro atoms. The molecule has 1 aromatic carbocycles.